The Morgan fingerprint density at radius 2 is 1.19 bits per heavy atom. The molecule has 0 aromatic rings. The topological polar surface area (TPSA) is 223 Å². The predicted octanol–water partition coefficient (Wildman–Crippen LogP) is -2.97. The number of carboxylic acids is 1. The van der Waals surface area contributed by atoms with Crippen molar-refractivity contribution in [3.05, 3.63) is 0 Å². The molecule has 12 nitrogen and oxygen atoms in total. The Morgan fingerprint density at radius 1 is 0.774 bits per heavy atom. The highest BCUT2D eigenvalue weighted by molar-refractivity contribution is 7.80. The Bertz CT molecular complexity index is 582. The van der Waals surface area contributed by atoms with Crippen molar-refractivity contribution >= 4 is 36.3 Å². The van der Waals surface area contributed by atoms with Gasteiger partial charge in [0.15, 0.2) is 0 Å². The Kier molecular flexibility index (Phi) is 15.7. The van der Waals surface area contributed by atoms with Crippen LogP contribution in [0.25, 0.3) is 0 Å². The minimum absolute atomic E-state index is 0.0881. The van der Waals surface area contributed by atoms with Gasteiger partial charge in [0, 0.05) is 5.75 Å². The van der Waals surface area contributed by atoms with Gasteiger partial charge < -0.3 is 43.4 Å². The highest BCUT2D eigenvalue weighted by Crippen LogP contribution is 2.06. The molecule has 0 heterocycles. The van der Waals surface area contributed by atoms with E-state index in [0.29, 0.717) is 38.8 Å². The minimum atomic E-state index is -1.50. The molecule has 3 amide bonds. The van der Waals surface area contributed by atoms with Gasteiger partial charge in [0.1, 0.15) is 18.1 Å². The number of rotatable bonds is 17. The van der Waals surface area contributed by atoms with Gasteiger partial charge >= 0.3 is 5.97 Å². The molecule has 0 fully saturated rings. The maximum absolute atomic E-state index is 12.8. The molecule has 0 aliphatic rings. The summed E-state index contributed by atoms with van der Waals surface area (Å²) >= 11 is 3.97. The summed E-state index contributed by atoms with van der Waals surface area (Å²) < 4.78 is 0. The van der Waals surface area contributed by atoms with E-state index in [1.54, 1.807) is 0 Å². The van der Waals surface area contributed by atoms with Crippen LogP contribution in [-0.4, -0.2) is 83.5 Å². The fourth-order valence-corrected chi connectivity index (χ4v) is 2.78. The Morgan fingerprint density at radius 3 is 1.55 bits per heavy atom. The number of hydrogen-bond donors (Lipinski definition) is 9. The van der Waals surface area contributed by atoms with Gasteiger partial charge in [0.2, 0.25) is 17.7 Å². The zero-order valence-corrected chi connectivity index (χ0v) is 18.5. The lowest BCUT2D eigenvalue weighted by Crippen LogP contribution is -2.57. The number of thiol groups is 1. The maximum Gasteiger partial charge on any atom is 0.328 e. The van der Waals surface area contributed by atoms with Crippen molar-refractivity contribution in [2.75, 3.05) is 25.4 Å². The van der Waals surface area contributed by atoms with E-state index in [-0.39, 0.29) is 18.6 Å². The van der Waals surface area contributed by atoms with Crippen molar-refractivity contribution in [3.63, 3.8) is 0 Å². The number of aliphatic hydroxyl groups is 1. The monoisotopic (exact) mass is 464 g/mol. The largest absolute Gasteiger partial charge is 0.480 e. The number of carbonyl (C=O) groups is 4. The first-order valence-corrected chi connectivity index (χ1v) is 10.9. The summed E-state index contributed by atoms with van der Waals surface area (Å²) in [5.74, 6) is -3.24. The van der Waals surface area contributed by atoms with Crippen LogP contribution in [0.4, 0.5) is 0 Å². The average Bonchev–Trinajstić information content (AvgIpc) is 2.74. The van der Waals surface area contributed by atoms with Gasteiger partial charge in [-0.15, -0.1) is 0 Å². The van der Waals surface area contributed by atoms with Crippen LogP contribution >= 0.6 is 12.6 Å². The second-order valence-electron chi connectivity index (χ2n) is 7.06. The van der Waals surface area contributed by atoms with E-state index < -0.39 is 54.5 Å². The summed E-state index contributed by atoms with van der Waals surface area (Å²) in [6, 6.07) is -4.43. The van der Waals surface area contributed by atoms with Gasteiger partial charge in [-0.25, -0.2) is 4.79 Å². The number of hydrogen-bond acceptors (Lipinski definition) is 9. The van der Waals surface area contributed by atoms with E-state index in [1.165, 1.54) is 0 Å². The molecule has 4 atom stereocenters. The number of aliphatic hydroxyl groups excluding tert-OH is 1. The normalized spacial score (nSPS) is 14.7. The van der Waals surface area contributed by atoms with Crippen molar-refractivity contribution in [2.45, 2.75) is 62.7 Å². The molecule has 0 aliphatic carbocycles. The van der Waals surface area contributed by atoms with Crippen molar-refractivity contribution < 1.29 is 29.4 Å². The molecule has 180 valence electrons. The molecule has 0 spiro atoms. The number of carbonyl (C=O) groups excluding carboxylic acids is 3. The van der Waals surface area contributed by atoms with Crippen LogP contribution in [0.3, 0.4) is 0 Å². The van der Waals surface area contributed by atoms with Crippen molar-refractivity contribution in [1.29, 1.82) is 0 Å². The molecule has 0 radical (unpaired) electrons. The maximum atomic E-state index is 12.8. The first kappa shape index (κ1) is 29.1. The molecule has 0 saturated carbocycles. The van der Waals surface area contributed by atoms with Crippen molar-refractivity contribution in [1.82, 2.24) is 16.0 Å². The molecular weight excluding hydrogens is 428 g/mol. The third-order valence-corrected chi connectivity index (χ3v) is 4.88. The minimum Gasteiger partial charge on any atom is -0.480 e. The van der Waals surface area contributed by atoms with Crippen LogP contribution in [-0.2, 0) is 19.2 Å². The van der Waals surface area contributed by atoms with Gasteiger partial charge in [-0.2, -0.15) is 12.6 Å². The van der Waals surface area contributed by atoms with Crippen LogP contribution in [0.5, 0.6) is 0 Å². The molecule has 0 rings (SSSR count). The van der Waals surface area contributed by atoms with E-state index in [9.17, 15) is 19.2 Å². The fraction of sp³-hybridized carbons (Fsp3) is 0.778. The molecule has 0 aromatic carbocycles. The average molecular weight is 465 g/mol. The molecule has 0 saturated heterocycles. The summed E-state index contributed by atoms with van der Waals surface area (Å²) in [4.78, 5) is 48.6. The molecule has 0 aliphatic heterocycles. The SMILES string of the molecule is NCCCCC(NC(=O)C(N)CS)C(=O)NC(CCCCN)C(=O)NC(CO)C(=O)O. The van der Waals surface area contributed by atoms with Crippen LogP contribution in [0.15, 0.2) is 0 Å². The van der Waals surface area contributed by atoms with Crippen LogP contribution < -0.4 is 33.2 Å². The van der Waals surface area contributed by atoms with Gasteiger partial charge in [-0.3, -0.25) is 14.4 Å². The molecule has 11 N–H and O–H groups in total. The number of nitrogens with one attached hydrogen (secondary N) is 3. The molecule has 13 heteroatoms. The van der Waals surface area contributed by atoms with E-state index in [1.807, 2.05) is 0 Å². The Balaban J connectivity index is 5.34. The lowest BCUT2D eigenvalue weighted by Gasteiger charge is -2.25. The number of carboxylic acid groups (broad SMARTS) is 1. The van der Waals surface area contributed by atoms with Crippen molar-refractivity contribution in [3.8, 4) is 0 Å². The van der Waals surface area contributed by atoms with E-state index >= 15 is 0 Å². The highest BCUT2D eigenvalue weighted by atomic mass is 32.1. The highest BCUT2D eigenvalue weighted by Gasteiger charge is 2.29. The van der Waals surface area contributed by atoms with E-state index in [0.717, 1.165) is 0 Å². The van der Waals surface area contributed by atoms with Crippen molar-refractivity contribution in [2.24, 2.45) is 17.2 Å². The number of nitrogens with two attached hydrogens (primary N) is 3. The Hall–Kier alpha value is -1.93. The second kappa shape index (κ2) is 16.7. The smallest absolute Gasteiger partial charge is 0.328 e. The summed E-state index contributed by atoms with van der Waals surface area (Å²) in [5.41, 5.74) is 16.6. The van der Waals surface area contributed by atoms with Crippen LogP contribution in [0.2, 0.25) is 0 Å². The fourth-order valence-electron chi connectivity index (χ4n) is 2.61. The summed E-state index contributed by atoms with van der Waals surface area (Å²) in [5, 5.41) is 25.5. The summed E-state index contributed by atoms with van der Waals surface area (Å²) in [6.45, 7) is 0.000284. The summed E-state index contributed by atoms with van der Waals surface area (Å²) in [7, 11) is 0. The molecule has 0 aromatic heterocycles. The first-order valence-electron chi connectivity index (χ1n) is 10.2. The zero-order chi connectivity index (χ0) is 23.8. The zero-order valence-electron chi connectivity index (χ0n) is 17.6. The molecular formula is C18H36N6O6S. The predicted molar refractivity (Wildman–Crippen MR) is 118 cm³/mol. The lowest BCUT2D eigenvalue weighted by atomic mass is 10.0. The number of unbranched alkanes of at least 4 members (excludes halogenated alkanes) is 2. The number of amides is 3. The Labute approximate surface area is 187 Å². The van der Waals surface area contributed by atoms with E-state index in [4.69, 9.17) is 27.4 Å². The number of aliphatic carboxylic acids is 1. The first-order chi connectivity index (χ1) is 14.7. The van der Waals surface area contributed by atoms with E-state index in [2.05, 4.69) is 28.6 Å². The van der Waals surface area contributed by atoms with Gasteiger partial charge in [0.25, 0.3) is 0 Å². The van der Waals surface area contributed by atoms with Gasteiger partial charge in [-0.05, 0) is 51.6 Å². The molecule has 0 bridgehead atoms. The second-order valence-corrected chi connectivity index (χ2v) is 7.43. The molecule has 4 unspecified atom stereocenters. The van der Waals surface area contributed by atoms with Gasteiger partial charge in [-0.1, -0.05) is 0 Å². The van der Waals surface area contributed by atoms with Crippen LogP contribution in [0.1, 0.15) is 38.5 Å². The third kappa shape index (κ3) is 11.9. The van der Waals surface area contributed by atoms with Crippen LogP contribution in [0, 0.1) is 0 Å². The summed E-state index contributed by atoms with van der Waals surface area (Å²) in [6.07, 6.45) is 2.76. The molecule has 31 heavy (non-hydrogen) atoms. The standard InChI is InChI=1S/C18H36N6O6S/c19-7-3-1-5-12(22-15(26)11(21)10-31)16(27)23-13(6-2-4-8-20)17(28)24-14(9-25)18(29)30/h11-14,25,31H,1-10,19-21H2,(H,22,26)(H,23,27)(H,24,28)(H,29,30). The third-order valence-electron chi connectivity index (χ3n) is 4.49. The lowest BCUT2D eigenvalue weighted by molar-refractivity contribution is -0.143. The van der Waals surface area contributed by atoms with Gasteiger partial charge in [0.05, 0.1) is 12.6 Å². The quantitative estimate of drug-likeness (QED) is 0.0790.